The van der Waals surface area contributed by atoms with Crippen molar-refractivity contribution >= 4 is 11.6 Å². The third kappa shape index (κ3) is 1.36. The lowest BCUT2D eigenvalue weighted by Gasteiger charge is -2.27. The molecule has 1 aliphatic rings. The summed E-state index contributed by atoms with van der Waals surface area (Å²) in [5, 5.41) is 0. The van der Waals surface area contributed by atoms with Crippen LogP contribution in [-0.2, 0) is 0 Å². The largest absolute Gasteiger partial charge is 0.356 e. The summed E-state index contributed by atoms with van der Waals surface area (Å²) < 4.78 is 0. The molecule has 0 radical (unpaired) electrons. The van der Waals surface area contributed by atoms with Gasteiger partial charge in [-0.05, 0) is 13.8 Å². The Morgan fingerprint density at radius 1 is 1.57 bits per heavy atom. The summed E-state index contributed by atoms with van der Waals surface area (Å²) in [6.07, 6.45) is 2.22. The highest BCUT2D eigenvalue weighted by atomic mass is 16.1. The summed E-state index contributed by atoms with van der Waals surface area (Å²) in [7, 11) is 0. The van der Waals surface area contributed by atoms with Crippen molar-refractivity contribution in [1.82, 2.24) is 9.97 Å². The number of hydrogen-bond acceptors (Lipinski definition) is 4. The normalized spacial score (nSPS) is 15.6. The van der Waals surface area contributed by atoms with Gasteiger partial charge in [0.25, 0.3) is 0 Å². The van der Waals surface area contributed by atoms with Gasteiger partial charge in [0.05, 0.1) is 5.56 Å². The molecule has 4 heteroatoms. The molecule has 4 nitrogen and oxygen atoms in total. The van der Waals surface area contributed by atoms with Crippen molar-refractivity contribution in [2.45, 2.75) is 20.3 Å². The van der Waals surface area contributed by atoms with Gasteiger partial charge in [-0.25, -0.2) is 9.97 Å². The standard InChI is InChI=1S/C10H13N3O/c1-3-13-5-4-9(14)8-6-11-7(2)12-10(8)13/h6H,3-5H2,1-2H3. The number of aryl methyl sites for hydroxylation is 1. The van der Waals surface area contributed by atoms with Crippen LogP contribution in [0.15, 0.2) is 6.20 Å². The van der Waals surface area contributed by atoms with Crippen molar-refractivity contribution in [3.05, 3.63) is 17.6 Å². The van der Waals surface area contributed by atoms with Gasteiger partial charge in [0.2, 0.25) is 0 Å². The Balaban J connectivity index is 2.51. The second-order valence-corrected chi connectivity index (χ2v) is 3.41. The van der Waals surface area contributed by atoms with E-state index >= 15 is 0 Å². The molecule has 2 heterocycles. The minimum absolute atomic E-state index is 0.157. The van der Waals surface area contributed by atoms with Gasteiger partial charge >= 0.3 is 0 Å². The minimum atomic E-state index is 0.157. The second-order valence-electron chi connectivity index (χ2n) is 3.41. The smallest absolute Gasteiger partial charge is 0.169 e. The van der Waals surface area contributed by atoms with E-state index in [1.807, 2.05) is 6.92 Å². The molecule has 0 saturated carbocycles. The zero-order valence-electron chi connectivity index (χ0n) is 8.45. The fraction of sp³-hybridized carbons (Fsp3) is 0.500. The molecule has 0 fully saturated rings. The van der Waals surface area contributed by atoms with Crippen LogP contribution in [0, 0.1) is 6.92 Å². The lowest BCUT2D eigenvalue weighted by Crippen LogP contribution is -2.33. The van der Waals surface area contributed by atoms with Gasteiger partial charge in [-0.3, -0.25) is 4.79 Å². The van der Waals surface area contributed by atoms with Gasteiger partial charge in [0.15, 0.2) is 5.78 Å². The van der Waals surface area contributed by atoms with E-state index in [9.17, 15) is 4.79 Å². The first-order valence-corrected chi connectivity index (χ1v) is 4.84. The number of aromatic nitrogens is 2. The van der Waals surface area contributed by atoms with Crippen LogP contribution in [0.1, 0.15) is 29.5 Å². The minimum Gasteiger partial charge on any atom is -0.356 e. The average molecular weight is 191 g/mol. The molecule has 0 aliphatic carbocycles. The van der Waals surface area contributed by atoms with Crippen LogP contribution in [0.2, 0.25) is 0 Å². The summed E-state index contributed by atoms with van der Waals surface area (Å²) in [4.78, 5) is 22.0. The topological polar surface area (TPSA) is 46.1 Å². The van der Waals surface area contributed by atoms with Gasteiger partial charge in [-0.2, -0.15) is 0 Å². The lowest BCUT2D eigenvalue weighted by molar-refractivity contribution is 0.0979. The monoisotopic (exact) mass is 191 g/mol. The van der Waals surface area contributed by atoms with Gasteiger partial charge in [0.1, 0.15) is 11.6 Å². The van der Waals surface area contributed by atoms with Gasteiger partial charge in [0, 0.05) is 25.7 Å². The molecule has 0 atom stereocenters. The second kappa shape index (κ2) is 3.36. The zero-order chi connectivity index (χ0) is 10.1. The summed E-state index contributed by atoms with van der Waals surface area (Å²) in [6, 6.07) is 0. The lowest BCUT2D eigenvalue weighted by atomic mass is 10.1. The fourth-order valence-corrected chi connectivity index (χ4v) is 1.68. The summed E-state index contributed by atoms with van der Waals surface area (Å²) in [5.74, 6) is 1.68. The summed E-state index contributed by atoms with van der Waals surface area (Å²) in [6.45, 7) is 5.57. The van der Waals surface area contributed by atoms with Crippen molar-refractivity contribution in [2.75, 3.05) is 18.0 Å². The Kier molecular flexibility index (Phi) is 2.19. The number of anilines is 1. The maximum atomic E-state index is 11.6. The number of carbonyl (C=O) groups excluding carboxylic acids is 1. The van der Waals surface area contributed by atoms with Crippen molar-refractivity contribution in [3.63, 3.8) is 0 Å². The Bertz CT molecular complexity index is 376. The van der Waals surface area contributed by atoms with Crippen molar-refractivity contribution in [2.24, 2.45) is 0 Å². The molecule has 0 bridgehead atoms. The van der Waals surface area contributed by atoms with E-state index in [-0.39, 0.29) is 5.78 Å². The van der Waals surface area contributed by atoms with E-state index in [1.54, 1.807) is 6.20 Å². The molecule has 1 aromatic heterocycles. The molecule has 1 aromatic rings. The first-order chi connectivity index (χ1) is 6.72. The van der Waals surface area contributed by atoms with E-state index in [0.717, 1.165) is 24.7 Å². The first-order valence-electron chi connectivity index (χ1n) is 4.84. The average Bonchev–Trinajstić information content (AvgIpc) is 2.18. The molecule has 0 spiro atoms. The molecule has 0 saturated heterocycles. The van der Waals surface area contributed by atoms with Crippen LogP contribution in [-0.4, -0.2) is 28.8 Å². The summed E-state index contributed by atoms with van der Waals surface area (Å²) >= 11 is 0. The van der Waals surface area contributed by atoms with Crippen LogP contribution < -0.4 is 4.90 Å². The van der Waals surface area contributed by atoms with Gasteiger partial charge in [-0.1, -0.05) is 0 Å². The number of fused-ring (bicyclic) bond motifs is 1. The highest BCUT2D eigenvalue weighted by molar-refractivity contribution is 6.02. The van der Waals surface area contributed by atoms with E-state index in [0.29, 0.717) is 12.0 Å². The molecule has 14 heavy (non-hydrogen) atoms. The van der Waals surface area contributed by atoms with Gasteiger partial charge < -0.3 is 4.90 Å². The molecule has 2 rings (SSSR count). The van der Waals surface area contributed by atoms with Crippen LogP contribution in [0.3, 0.4) is 0 Å². The first kappa shape index (κ1) is 9.12. The van der Waals surface area contributed by atoms with Crippen LogP contribution in [0.4, 0.5) is 5.82 Å². The summed E-state index contributed by atoms with van der Waals surface area (Å²) in [5.41, 5.74) is 0.670. The molecule has 74 valence electrons. The Morgan fingerprint density at radius 3 is 3.07 bits per heavy atom. The molecule has 0 aromatic carbocycles. The van der Waals surface area contributed by atoms with Crippen molar-refractivity contribution in [3.8, 4) is 0 Å². The van der Waals surface area contributed by atoms with E-state index in [1.165, 1.54) is 0 Å². The highest BCUT2D eigenvalue weighted by Crippen LogP contribution is 2.23. The van der Waals surface area contributed by atoms with Crippen LogP contribution >= 0.6 is 0 Å². The molecular weight excluding hydrogens is 178 g/mol. The Hall–Kier alpha value is -1.45. The van der Waals surface area contributed by atoms with Gasteiger partial charge in [-0.15, -0.1) is 0 Å². The highest BCUT2D eigenvalue weighted by Gasteiger charge is 2.23. The molecule has 1 aliphatic heterocycles. The molecule has 0 amide bonds. The van der Waals surface area contributed by atoms with E-state index in [2.05, 4.69) is 21.8 Å². The Morgan fingerprint density at radius 2 is 2.36 bits per heavy atom. The maximum Gasteiger partial charge on any atom is 0.169 e. The predicted octanol–water partition coefficient (Wildman–Crippen LogP) is 1.20. The van der Waals surface area contributed by atoms with E-state index in [4.69, 9.17) is 0 Å². The van der Waals surface area contributed by atoms with Crippen LogP contribution in [0.25, 0.3) is 0 Å². The SMILES string of the molecule is CCN1CCC(=O)c2cnc(C)nc21. The number of hydrogen-bond donors (Lipinski definition) is 0. The maximum absolute atomic E-state index is 11.6. The third-order valence-corrected chi connectivity index (χ3v) is 2.48. The van der Waals surface area contributed by atoms with Crippen LogP contribution in [0.5, 0.6) is 0 Å². The predicted molar refractivity (Wildman–Crippen MR) is 53.6 cm³/mol. The third-order valence-electron chi connectivity index (χ3n) is 2.48. The van der Waals surface area contributed by atoms with Crippen molar-refractivity contribution < 1.29 is 4.79 Å². The number of nitrogens with zero attached hydrogens (tertiary/aromatic N) is 3. The number of ketones is 1. The van der Waals surface area contributed by atoms with Crippen molar-refractivity contribution in [1.29, 1.82) is 0 Å². The number of carbonyl (C=O) groups is 1. The number of Topliss-reactive ketones (excluding diaryl/α,β-unsaturated/α-hetero) is 1. The molecular formula is C10H13N3O. The Labute approximate surface area is 83.0 Å². The quantitative estimate of drug-likeness (QED) is 0.669. The zero-order valence-corrected chi connectivity index (χ0v) is 8.45. The molecule has 0 unspecified atom stereocenters. The fourth-order valence-electron chi connectivity index (χ4n) is 1.68. The number of rotatable bonds is 1. The molecule has 0 N–H and O–H groups in total. The van der Waals surface area contributed by atoms with E-state index < -0.39 is 0 Å².